The van der Waals surface area contributed by atoms with E-state index < -0.39 is 11.9 Å². The molecule has 2 N–H and O–H groups in total. The molecule has 0 aliphatic carbocycles. The van der Waals surface area contributed by atoms with Gasteiger partial charge < -0.3 is 19.4 Å². The van der Waals surface area contributed by atoms with Crippen molar-refractivity contribution in [3.8, 4) is 5.75 Å². The molecular weight excluding hydrogens is 414 g/mol. The number of anilines is 1. The second-order valence-corrected chi connectivity index (χ2v) is 7.03. The minimum atomic E-state index is -0.934. The molecule has 1 aliphatic heterocycles. The van der Waals surface area contributed by atoms with Crippen LogP contribution < -0.4 is 15.0 Å². The van der Waals surface area contributed by atoms with Crippen LogP contribution in [0.15, 0.2) is 46.9 Å². The van der Waals surface area contributed by atoms with Gasteiger partial charge in [-0.3, -0.25) is 9.59 Å². The number of likely N-dealkylation sites (N-methyl/N-ethyl adjacent to an activating group) is 1. The SMILES string of the molecule is C.CN1C(=O)[C@@H](NC(=O)c2nnc(Cc3ccccc3)o2)COc2cc3n[nH]nc3cc21. The molecule has 0 unspecified atom stereocenters. The van der Waals surface area contributed by atoms with Gasteiger partial charge in [-0.15, -0.1) is 10.2 Å². The Labute approximate surface area is 182 Å². The van der Waals surface area contributed by atoms with Gasteiger partial charge in [0.25, 0.3) is 5.91 Å². The first-order valence-electron chi connectivity index (χ1n) is 9.50. The molecule has 1 atom stereocenters. The van der Waals surface area contributed by atoms with E-state index in [2.05, 4.69) is 30.9 Å². The third-order valence-corrected chi connectivity index (χ3v) is 4.96. The minimum absolute atomic E-state index is 0. The third kappa shape index (κ3) is 3.87. The largest absolute Gasteiger partial charge is 0.489 e. The lowest BCUT2D eigenvalue weighted by Gasteiger charge is -2.19. The number of ether oxygens (including phenoxy) is 1. The summed E-state index contributed by atoms with van der Waals surface area (Å²) in [4.78, 5) is 26.9. The predicted octanol–water partition coefficient (Wildman–Crippen LogP) is 1.72. The van der Waals surface area contributed by atoms with E-state index in [1.807, 2.05) is 30.3 Å². The highest BCUT2D eigenvalue weighted by Gasteiger charge is 2.32. The number of hydrogen-bond donors (Lipinski definition) is 2. The summed E-state index contributed by atoms with van der Waals surface area (Å²) < 4.78 is 11.2. The Bertz CT molecular complexity index is 1270. The number of nitrogens with zero attached hydrogens (tertiary/aromatic N) is 5. The summed E-state index contributed by atoms with van der Waals surface area (Å²) in [5.41, 5.74) is 2.72. The fourth-order valence-electron chi connectivity index (χ4n) is 3.34. The molecule has 2 aromatic heterocycles. The zero-order chi connectivity index (χ0) is 21.4. The maximum absolute atomic E-state index is 12.9. The highest BCUT2D eigenvalue weighted by atomic mass is 16.5. The second kappa shape index (κ2) is 8.46. The summed E-state index contributed by atoms with van der Waals surface area (Å²) in [7, 11) is 1.60. The summed E-state index contributed by atoms with van der Waals surface area (Å²) in [5, 5.41) is 20.9. The number of carbonyl (C=O) groups is 2. The first-order valence-corrected chi connectivity index (χ1v) is 9.50. The molecule has 0 bridgehead atoms. The number of aromatic amines is 1. The Morgan fingerprint density at radius 1 is 1.19 bits per heavy atom. The molecule has 5 rings (SSSR count). The topological polar surface area (TPSA) is 139 Å². The normalized spacial score (nSPS) is 15.5. The van der Waals surface area contributed by atoms with Crippen LogP contribution in [0, 0.1) is 0 Å². The van der Waals surface area contributed by atoms with Gasteiger partial charge in [0.15, 0.2) is 0 Å². The molecule has 2 amide bonds. The van der Waals surface area contributed by atoms with Crippen LogP contribution in [-0.2, 0) is 11.2 Å². The lowest BCUT2D eigenvalue weighted by atomic mass is 10.2. The van der Waals surface area contributed by atoms with Gasteiger partial charge in [-0.2, -0.15) is 15.4 Å². The summed E-state index contributed by atoms with van der Waals surface area (Å²) in [6, 6.07) is 12.0. The second-order valence-electron chi connectivity index (χ2n) is 7.03. The molecule has 0 saturated carbocycles. The number of amides is 2. The van der Waals surface area contributed by atoms with Crippen LogP contribution in [0.4, 0.5) is 5.69 Å². The number of benzene rings is 2. The van der Waals surface area contributed by atoms with Gasteiger partial charge in [0.2, 0.25) is 5.89 Å². The van der Waals surface area contributed by atoms with Gasteiger partial charge in [0.1, 0.15) is 29.4 Å². The van der Waals surface area contributed by atoms with E-state index in [0.717, 1.165) is 5.56 Å². The number of H-pyrrole nitrogens is 1. The van der Waals surface area contributed by atoms with E-state index in [1.54, 1.807) is 19.2 Å². The van der Waals surface area contributed by atoms with Crippen molar-refractivity contribution in [1.82, 2.24) is 30.9 Å². The molecule has 11 heteroatoms. The first kappa shape index (κ1) is 21.0. The van der Waals surface area contributed by atoms with Crippen molar-refractivity contribution in [2.45, 2.75) is 19.9 Å². The average Bonchev–Trinajstić information content (AvgIpc) is 3.42. The Balaban J connectivity index is 0.00000245. The van der Waals surface area contributed by atoms with Crippen LogP contribution in [0.5, 0.6) is 5.75 Å². The van der Waals surface area contributed by atoms with Gasteiger partial charge in [-0.25, -0.2) is 0 Å². The number of hydrogen-bond acceptors (Lipinski definition) is 8. The number of fused-ring (bicyclic) bond motifs is 2. The Morgan fingerprint density at radius 3 is 2.72 bits per heavy atom. The highest BCUT2D eigenvalue weighted by Crippen LogP contribution is 2.33. The summed E-state index contributed by atoms with van der Waals surface area (Å²) in [6.07, 6.45) is 0.403. The highest BCUT2D eigenvalue weighted by molar-refractivity contribution is 6.03. The molecule has 0 saturated heterocycles. The zero-order valence-electron chi connectivity index (χ0n) is 16.4. The van der Waals surface area contributed by atoms with Crippen LogP contribution in [0.2, 0.25) is 0 Å². The van der Waals surface area contributed by atoms with Crippen molar-refractivity contribution in [1.29, 1.82) is 0 Å². The van der Waals surface area contributed by atoms with Gasteiger partial charge in [-0.05, 0) is 11.6 Å². The van der Waals surface area contributed by atoms with E-state index in [9.17, 15) is 9.59 Å². The van der Waals surface area contributed by atoms with Crippen LogP contribution in [0.25, 0.3) is 11.0 Å². The van der Waals surface area contributed by atoms with Crippen LogP contribution in [-0.4, -0.2) is 57.1 Å². The van der Waals surface area contributed by atoms with Crippen LogP contribution in [0.3, 0.4) is 0 Å². The van der Waals surface area contributed by atoms with Gasteiger partial charge in [-0.1, -0.05) is 37.8 Å². The molecule has 1 aliphatic rings. The van der Waals surface area contributed by atoms with Gasteiger partial charge in [0, 0.05) is 13.1 Å². The number of carbonyl (C=O) groups excluding carboxylic acids is 2. The van der Waals surface area contributed by atoms with Gasteiger partial charge >= 0.3 is 11.8 Å². The summed E-state index contributed by atoms with van der Waals surface area (Å²) in [5.74, 6) is -0.438. The van der Waals surface area contributed by atoms with E-state index in [0.29, 0.717) is 34.8 Å². The average molecular weight is 435 g/mol. The molecule has 11 nitrogen and oxygen atoms in total. The van der Waals surface area contributed by atoms with E-state index in [4.69, 9.17) is 9.15 Å². The quantitative estimate of drug-likeness (QED) is 0.494. The van der Waals surface area contributed by atoms with Crippen LogP contribution in [0.1, 0.15) is 29.6 Å². The summed E-state index contributed by atoms with van der Waals surface area (Å²) in [6.45, 7) is -0.0592. The molecule has 3 heterocycles. The van der Waals surface area contributed by atoms with Crippen molar-refractivity contribution in [2.24, 2.45) is 0 Å². The fraction of sp³-hybridized carbons (Fsp3) is 0.238. The van der Waals surface area contributed by atoms with Crippen molar-refractivity contribution in [3.63, 3.8) is 0 Å². The maximum atomic E-state index is 12.9. The van der Waals surface area contributed by atoms with Crippen molar-refractivity contribution < 1.29 is 18.7 Å². The van der Waals surface area contributed by atoms with E-state index >= 15 is 0 Å². The smallest absolute Gasteiger partial charge is 0.309 e. The molecule has 32 heavy (non-hydrogen) atoms. The maximum Gasteiger partial charge on any atom is 0.309 e. The fourth-order valence-corrected chi connectivity index (χ4v) is 3.34. The molecule has 0 radical (unpaired) electrons. The third-order valence-electron chi connectivity index (χ3n) is 4.96. The zero-order valence-corrected chi connectivity index (χ0v) is 16.4. The monoisotopic (exact) mass is 435 g/mol. The Hall–Kier alpha value is -4.28. The minimum Gasteiger partial charge on any atom is -0.489 e. The molecule has 2 aromatic carbocycles. The molecular formula is C21H21N7O4. The van der Waals surface area contributed by atoms with E-state index in [-0.39, 0.29) is 25.8 Å². The lowest BCUT2D eigenvalue weighted by Crippen LogP contribution is -2.49. The molecule has 0 fully saturated rings. The lowest BCUT2D eigenvalue weighted by molar-refractivity contribution is -0.120. The number of rotatable bonds is 4. The van der Waals surface area contributed by atoms with Crippen LogP contribution >= 0.6 is 0 Å². The molecule has 164 valence electrons. The van der Waals surface area contributed by atoms with Crippen molar-refractivity contribution in [3.05, 3.63) is 59.8 Å². The number of nitrogens with one attached hydrogen (secondary N) is 2. The molecule has 0 spiro atoms. The molecule has 4 aromatic rings. The predicted molar refractivity (Wildman–Crippen MR) is 114 cm³/mol. The van der Waals surface area contributed by atoms with Gasteiger partial charge in [0.05, 0.1) is 12.1 Å². The number of aromatic nitrogens is 5. The Morgan fingerprint density at radius 2 is 1.94 bits per heavy atom. The van der Waals surface area contributed by atoms with Crippen molar-refractivity contribution in [2.75, 3.05) is 18.6 Å². The summed E-state index contributed by atoms with van der Waals surface area (Å²) >= 11 is 0. The first-order chi connectivity index (χ1) is 15.1. The van der Waals surface area contributed by atoms with E-state index in [1.165, 1.54) is 4.90 Å². The van der Waals surface area contributed by atoms with Crippen molar-refractivity contribution >= 4 is 28.5 Å². The Kier molecular flexibility index (Phi) is 5.54. The standard InChI is InChI=1S/C20H17N7O4.CH4/c1-27-15-8-12-13(23-26-22-12)9-16(15)30-10-14(20(27)29)21-18(28)19-25-24-17(31-19)7-11-5-3-2-4-6-11;/h2-6,8-9,14H,7,10H2,1H3,(H,21,28)(H,22,23,26);1H4/t14-;/m0./s1.